The van der Waals surface area contributed by atoms with E-state index in [2.05, 4.69) is 23.8 Å². The molecule has 82 valence electrons. The highest BCUT2D eigenvalue weighted by Crippen LogP contribution is 2.14. The molecule has 1 aromatic heterocycles. The molecular formula is C12H19N3. The number of anilines is 2. The Balaban J connectivity index is 2.57. The van der Waals surface area contributed by atoms with Gasteiger partial charge in [-0.25, -0.2) is 4.98 Å². The molecule has 1 unspecified atom stereocenters. The van der Waals surface area contributed by atoms with Crippen LogP contribution >= 0.6 is 0 Å². The van der Waals surface area contributed by atoms with E-state index in [9.17, 15) is 0 Å². The lowest BCUT2D eigenvalue weighted by molar-refractivity contribution is 0.660. The zero-order chi connectivity index (χ0) is 11.3. The quantitative estimate of drug-likeness (QED) is 0.726. The van der Waals surface area contributed by atoms with Crippen LogP contribution in [0.4, 0.5) is 11.5 Å². The third-order valence-electron chi connectivity index (χ3n) is 2.55. The fraction of sp³-hybridized carbons (Fsp3) is 0.417. The highest BCUT2D eigenvalue weighted by Gasteiger charge is 2.02. The van der Waals surface area contributed by atoms with Gasteiger partial charge in [-0.3, -0.25) is 0 Å². The molecular weight excluding hydrogens is 186 g/mol. The lowest BCUT2D eigenvalue weighted by Crippen LogP contribution is -2.12. The van der Waals surface area contributed by atoms with Gasteiger partial charge in [0.05, 0.1) is 0 Å². The highest BCUT2D eigenvalue weighted by molar-refractivity contribution is 5.53. The van der Waals surface area contributed by atoms with Gasteiger partial charge in [-0.15, -0.1) is 6.58 Å². The lowest BCUT2D eigenvalue weighted by atomic mass is 10.1. The monoisotopic (exact) mass is 205 g/mol. The highest BCUT2D eigenvalue weighted by atomic mass is 15.0. The van der Waals surface area contributed by atoms with Crippen LogP contribution in [-0.4, -0.2) is 11.5 Å². The van der Waals surface area contributed by atoms with Crippen molar-refractivity contribution < 1.29 is 0 Å². The minimum atomic E-state index is 0.481. The number of nitrogens with zero attached hydrogens (tertiary/aromatic N) is 1. The molecule has 0 radical (unpaired) electrons. The summed E-state index contributed by atoms with van der Waals surface area (Å²) in [6, 6.07) is 1.87. The van der Waals surface area contributed by atoms with Gasteiger partial charge in [0.25, 0.3) is 0 Å². The minimum Gasteiger partial charge on any atom is -0.398 e. The molecule has 3 N–H and O–H groups in total. The fourth-order valence-corrected chi connectivity index (χ4v) is 1.27. The summed E-state index contributed by atoms with van der Waals surface area (Å²) in [6.45, 7) is 8.74. The van der Waals surface area contributed by atoms with Gasteiger partial charge in [-0.05, 0) is 24.8 Å². The predicted molar refractivity (Wildman–Crippen MR) is 65.9 cm³/mol. The van der Waals surface area contributed by atoms with E-state index in [1.165, 1.54) is 0 Å². The van der Waals surface area contributed by atoms with Crippen LogP contribution in [0.15, 0.2) is 24.9 Å². The van der Waals surface area contributed by atoms with Crippen LogP contribution in [0.5, 0.6) is 0 Å². The summed E-state index contributed by atoms with van der Waals surface area (Å²) >= 11 is 0. The molecule has 0 amide bonds. The molecule has 1 aromatic rings. The summed E-state index contributed by atoms with van der Waals surface area (Å²) in [6.07, 6.45) is 4.83. The van der Waals surface area contributed by atoms with E-state index >= 15 is 0 Å². The number of nitrogens with one attached hydrogen (secondary N) is 1. The third-order valence-corrected chi connectivity index (χ3v) is 2.55. The first kappa shape index (κ1) is 11.6. The van der Waals surface area contributed by atoms with E-state index in [4.69, 9.17) is 5.73 Å². The second-order valence-corrected chi connectivity index (χ2v) is 3.71. The van der Waals surface area contributed by atoms with Crippen molar-refractivity contribution in [2.24, 2.45) is 5.92 Å². The number of aryl methyl sites for hydroxylation is 1. The van der Waals surface area contributed by atoms with Gasteiger partial charge in [-0.1, -0.05) is 13.0 Å². The van der Waals surface area contributed by atoms with E-state index in [0.717, 1.165) is 30.0 Å². The Morgan fingerprint density at radius 2 is 2.40 bits per heavy atom. The van der Waals surface area contributed by atoms with Crippen LogP contribution < -0.4 is 11.1 Å². The number of nitrogen functional groups attached to an aromatic ring is 1. The first-order chi connectivity index (χ1) is 7.17. The molecule has 0 bridgehead atoms. The first-order valence-electron chi connectivity index (χ1n) is 5.26. The van der Waals surface area contributed by atoms with Gasteiger partial charge in [-0.2, -0.15) is 0 Å². The summed E-state index contributed by atoms with van der Waals surface area (Å²) < 4.78 is 0. The summed E-state index contributed by atoms with van der Waals surface area (Å²) in [4.78, 5) is 4.25. The summed E-state index contributed by atoms with van der Waals surface area (Å²) in [7, 11) is 0. The topological polar surface area (TPSA) is 50.9 Å². The summed E-state index contributed by atoms with van der Waals surface area (Å²) in [5.41, 5.74) is 7.58. The Bertz CT molecular complexity index is 334. The minimum absolute atomic E-state index is 0.481. The maximum absolute atomic E-state index is 5.79. The van der Waals surface area contributed by atoms with Crippen molar-refractivity contribution in [3.63, 3.8) is 0 Å². The molecule has 0 saturated heterocycles. The standard InChI is InChI=1S/C12H19N3/c1-4-10(5-2)8-15-12-6-11(13)9(3)7-14-12/h4,6-7,10H,1,5,8H2,2-3H3,(H3,13,14,15). The van der Waals surface area contributed by atoms with Crippen molar-refractivity contribution in [3.05, 3.63) is 30.5 Å². The molecule has 3 nitrogen and oxygen atoms in total. The SMILES string of the molecule is C=CC(CC)CNc1cc(N)c(C)cn1. The Kier molecular flexibility index (Phi) is 4.16. The van der Waals surface area contributed by atoms with E-state index in [0.29, 0.717) is 5.92 Å². The van der Waals surface area contributed by atoms with Gasteiger partial charge in [0.15, 0.2) is 0 Å². The van der Waals surface area contributed by atoms with Crippen molar-refractivity contribution in [1.29, 1.82) is 0 Å². The molecule has 0 fully saturated rings. The van der Waals surface area contributed by atoms with Crippen molar-refractivity contribution in [2.45, 2.75) is 20.3 Å². The molecule has 0 aliphatic heterocycles. The van der Waals surface area contributed by atoms with Crippen molar-refractivity contribution >= 4 is 11.5 Å². The molecule has 0 aliphatic carbocycles. The molecule has 3 heteroatoms. The van der Waals surface area contributed by atoms with E-state index in [1.54, 1.807) is 6.20 Å². The molecule has 0 spiro atoms. The number of aromatic nitrogens is 1. The Hall–Kier alpha value is -1.51. The first-order valence-corrected chi connectivity index (χ1v) is 5.26. The summed E-state index contributed by atoms with van der Waals surface area (Å²) in [5.74, 6) is 1.31. The number of hydrogen-bond donors (Lipinski definition) is 2. The van der Waals surface area contributed by atoms with Crippen molar-refractivity contribution in [2.75, 3.05) is 17.6 Å². The molecule has 0 aromatic carbocycles. The lowest BCUT2D eigenvalue weighted by Gasteiger charge is -2.12. The molecule has 0 saturated carbocycles. The van der Waals surface area contributed by atoms with Crippen LogP contribution in [0.2, 0.25) is 0 Å². The number of nitrogens with two attached hydrogens (primary N) is 1. The van der Waals surface area contributed by atoms with Gasteiger partial charge >= 0.3 is 0 Å². The van der Waals surface area contributed by atoms with Crippen LogP contribution in [0.25, 0.3) is 0 Å². The molecule has 15 heavy (non-hydrogen) atoms. The predicted octanol–water partition coefficient (Wildman–Crippen LogP) is 2.60. The van der Waals surface area contributed by atoms with Crippen molar-refractivity contribution in [1.82, 2.24) is 4.98 Å². The molecule has 1 heterocycles. The van der Waals surface area contributed by atoms with Crippen LogP contribution in [-0.2, 0) is 0 Å². The normalized spacial score (nSPS) is 12.1. The van der Waals surface area contributed by atoms with E-state index in [-0.39, 0.29) is 0 Å². The van der Waals surface area contributed by atoms with Crippen LogP contribution in [0, 0.1) is 12.8 Å². The zero-order valence-corrected chi connectivity index (χ0v) is 9.46. The van der Waals surface area contributed by atoms with Crippen LogP contribution in [0.1, 0.15) is 18.9 Å². The maximum atomic E-state index is 5.79. The third kappa shape index (κ3) is 3.27. The van der Waals surface area contributed by atoms with Gasteiger partial charge in [0.1, 0.15) is 5.82 Å². The van der Waals surface area contributed by atoms with Gasteiger partial charge in [0.2, 0.25) is 0 Å². The Morgan fingerprint density at radius 1 is 1.67 bits per heavy atom. The number of hydrogen-bond acceptors (Lipinski definition) is 3. The number of rotatable bonds is 5. The average molecular weight is 205 g/mol. The number of pyridine rings is 1. The molecule has 1 atom stereocenters. The fourth-order valence-electron chi connectivity index (χ4n) is 1.27. The van der Waals surface area contributed by atoms with E-state index in [1.807, 2.05) is 19.1 Å². The molecule has 1 rings (SSSR count). The van der Waals surface area contributed by atoms with Gasteiger partial charge in [0, 0.05) is 24.5 Å². The molecule has 0 aliphatic rings. The van der Waals surface area contributed by atoms with E-state index < -0.39 is 0 Å². The van der Waals surface area contributed by atoms with Gasteiger partial charge < -0.3 is 11.1 Å². The van der Waals surface area contributed by atoms with Crippen molar-refractivity contribution in [3.8, 4) is 0 Å². The average Bonchev–Trinajstić information content (AvgIpc) is 2.24. The maximum Gasteiger partial charge on any atom is 0.127 e. The Labute approximate surface area is 91.4 Å². The smallest absolute Gasteiger partial charge is 0.127 e. The second-order valence-electron chi connectivity index (χ2n) is 3.71. The summed E-state index contributed by atoms with van der Waals surface area (Å²) in [5, 5.41) is 3.25. The van der Waals surface area contributed by atoms with Crippen LogP contribution in [0.3, 0.4) is 0 Å². The second kappa shape index (κ2) is 5.39. The largest absolute Gasteiger partial charge is 0.398 e. The zero-order valence-electron chi connectivity index (χ0n) is 9.46. The Morgan fingerprint density at radius 3 is 2.93 bits per heavy atom.